The first-order chi connectivity index (χ1) is 17.3. The van der Waals surface area contributed by atoms with Crippen LogP contribution < -0.4 is 15.3 Å². The number of aromatic nitrogens is 1. The average molecular weight is 668 g/mol. The molecule has 180 valence electrons. The zero-order valence-electron chi connectivity index (χ0n) is 20.1. The van der Waals surface area contributed by atoms with Crippen LogP contribution in [0.15, 0.2) is 115 Å². The number of rotatable bonds is 8. The van der Waals surface area contributed by atoms with Crippen LogP contribution in [0.1, 0.15) is 5.56 Å². The topological polar surface area (TPSA) is 22.1 Å². The maximum Gasteiger partial charge on any atom is 2.00 e. The van der Waals surface area contributed by atoms with Gasteiger partial charge in [0.15, 0.2) is 0 Å². The zero-order valence-corrected chi connectivity index (χ0v) is 23.3. The molecule has 1 heterocycles. The molecule has 0 atom stereocenters. The van der Waals surface area contributed by atoms with Crippen LogP contribution in [-0.4, -0.2) is 18.3 Å². The van der Waals surface area contributed by atoms with Gasteiger partial charge in [0.1, 0.15) is 0 Å². The maximum absolute atomic E-state index is 5.59. The fourth-order valence-corrected chi connectivity index (χ4v) is 6.90. The van der Waals surface area contributed by atoms with Crippen molar-refractivity contribution in [3.8, 4) is 28.1 Å². The maximum atomic E-state index is 5.59. The Hall–Kier alpha value is -3.05. The molecule has 0 saturated carbocycles. The summed E-state index contributed by atoms with van der Waals surface area (Å²) in [7, 11) is 0.810. The van der Waals surface area contributed by atoms with Gasteiger partial charge in [-0.2, -0.15) is 29.8 Å². The monoisotopic (exact) mass is 667 g/mol. The molecular formula is C32H27NOPPt+. The second-order valence-corrected chi connectivity index (χ2v) is 11.0. The van der Waals surface area contributed by atoms with Gasteiger partial charge in [-0.05, 0) is 36.8 Å². The summed E-state index contributed by atoms with van der Waals surface area (Å²) in [6, 6.07) is 45.3. The SMILES string of the molecule is COc1cc(-c2[c-]c(CC[PH+](c3ccccc3)c3ccccc3)ccc2)[c-]c(-c2ccccn2)c1.[Pt+2]. The second-order valence-electron chi connectivity index (χ2n) is 8.36. The Labute approximate surface area is 229 Å². The Kier molecular flexibility index (Phi) is 9.23. The number of methoxy groups -OCH3 is 1. The molecule has 0 fully saturated rings. The van der Waals surface area contributed by atoms with E-state index in [9.17, 15) is 0 Å². The van der Waals surface area contributed by atoms with Gasteiger partial charge < -0.3 is 4.74 Å². The molecule has 0 aliphatic heterocycles. The van der Waals surface area contributed by atoms with Crippen molar-refractivity contribution >= 4 is 18.5 Å². The van der Waals surface area contributed by atoms with Crippen LogP contribution in [-0.2, 0) is 27.5 Å². The van der Waals surface area contributed by atoms with Gasteiger partial charge in [-0.15, -0.1) is 23.3 Å². The van der Waals surface area contributed by atoms with E-state index in [2.05, 4.69) is 96.0 Å². The molecule has 0 amide bonds. The van der Waals surface area contributed by atoms with Crippen molar-refractivity contribution in [1.29, 1.82) is 0 Å². The average Bonchev–Trinajstić information content (AvgIpc) is 2.95. The van der Waals surface area contributed by atoms with Crippen LogP contribution in [0.25, 0.3) is 22.4 Å². The van der Waals surface area contributed by atoms with E-state index in [-0.39, 0.29) is 21.1 Å². The van der Waals surface area contributed by atoms with Crippen molar-refractivity contribution in [2.75, 3.05) is 13.3 Å². The van der Waals surface area contributed by atoms with Crippen molar-refractivity contribution in [3.05, 3.63) is 133 Å². The van der Waals surface area contributed by atoms with Gasteiger partial charge in [0.2, 0.25) is 0 Å². The van der Waals surface area contributed by atoms with E-state index in [1.54, 1.807) is 13.3 Å². The summed E-state index contributed by atoms with van der Waals surface area (Å²) < 4.78 is 5.59. The second kappa shape index (κ2) is 12.8. The fraction of sp³-hybridized carbons (Fsp3) is 0.0938. The standard InChI is InChI=1S/C32H26NOP.Pt/c1-34-29-23-27(22-28(24-29)32-17-8-9-19-33-32)26-12-10-11-25(21-26)18-20-35(30-13-4-2-5-14-30)31-15-6-3-7-16-31;/h2-17,19,23-24H,18,20H2,1H3;/q-2;+2/p+1. The molecule has 0 N–H and O–H groups in total. The van der Waals surface area contributed by atoms with Crippen LogP contribution in [0.2, 0.25) is 0 Å². The quantitative estimate of drug-likeness (QED) is 0.141. The van der Waals surface area contributed by atoms with Crippen LogP contribution >= 0.6 is 7.92 Å². The van der Waals surface area contributed by atoms with Gasteiger partial charge in [-0.3, -0.25) is 4.98 Å². The number of hydrogen-bond acceptors (Lipinski definition) is 2. The number of pyridine rings is 1. The van der Waals surface area contributed by atoms with Crippen molar-refractivity contribution in [2.45, 2.75) is 6.42 Å². The molecule has 5 rings (SSSR count). The molecule has 0 unspecified atom stereocenters. The van der Waals surface area contributed by atoms with Crippen LogP contribution in [0.4, 0.5) is 0 Å². The third kappa shape index (κ3) is 6.38. The summed E-state index contributed by atoms with van der Waals surface area (Å²) in [6.07, 6.45) is 3.89. The van der Waals surface area contributed by atoms with Crippen molar-refractivity contribution < 1.29 is 25.8 Å². The summed E-state index contributed by atoms with van der Waals surface area (Å²) in [5.41, 5.74) is 4.99. The third-order valence-electron chi connectivity index (χ3n) is 6.05. The molecule has 1 aromatic heterocycles. The van der Waals surface area contributed by atoms with Crippen molar-refractivity contribution in [2.24, 2.45) is 0 Å². The number of benzene rings is 4. The first-order valence-corrected chi connectivity index (χ1v) is 13.5. The van der Waals surface area contributed by atoms with E-state index in [0.29, 0.717) is 0 Å². The van der Waals surface area contributed by atoms with Gasteiger partial charge in [0, 0.05) is 17.6 Å². The normalized spacial score (nSPS) is 10.6. The molecule has 0 aliphatic carbocycles. The van der Waals surface area contributed by atoms with E-state index in [0.717, 1.165) is 40.7 Å². The Morgan fingerprint density at radius 3 is 2.00 bits per heavy atom. The largest absolute Gasteiger partial charge is 2.00 e. The minimum atomic E-state index is -0.883. The fourth-order valence-electron chi connectivity index (χ4n) is 4.28. The molecule has 0 saturated heterocycles. The predicted octanol–water partition coefficient (Wildman–Crippen LogP) is 6.43. The summed E-state index contributed by atoms with van der Waals surface area (Å²) in [4.78, 5) is 4.49. The minimum Gasteiger partial charge on any atom is -0.513 e. The molecule has 5 aromatic rings. The number of ether oxygens (including phenoxy) is 1. The van der Waals surface area contributed by atoms with Gasteiger partial charge in [-0.25, -0.2) is 5.56 Å². The van der Waals surface area contributed by atoms with Crippen molar-refractivity contribution in [1.82, 2.24) is 4.98 Å². The number of aryl methyl sites for hydroxylation is 1. The predicted molar refractivity (Wildman–Crippen MR) is 148 cm³/mol. The Morgan fingerprint density at radius 2 is 1.36 bits per heavy atom. The minimum absolute atomic E-state index is 0. The molecule has 2 nitrogen and oxygen atoms in total. The van der Waals surface area contributed by atoms with Crippen LogP contribution in [0.5, 0.6) is 5.75 Å². The summed E-state index contributed by atoms with van der Waals surface area (Å²) in [6.45, 7) is 0. The first-order valence-electron chi connectivity index (χ1n) is 11.8. The molecule has 0 bridgehead atoms. The Morgan fingerprint density at radius 1 is 0.694 bits per heavy atom. The smallest absolute Gasteiger partial charge is 0.513 e. The van der Waals surface area contributed by atoms with E-state index in [4.69, 9.17) is 4.74 Å². The number of nitrogens with zero attached hydrogens (tertiary/aromatic N) is 1. The van der Waals surface area contributed by atoms with E-state index >= 15 is 0 Å². The van der Waals surface area contributed by atoms with E-state index in [1.165, 1.54) is 16.2 Å². The van der Waals surface area contributed by atoms with Gasteiger partial charge in [0.25, 0.3) is 0 Å². The molecule has 4 aromatic carbocycles. The molecule has 0 spiro atoms. The third-order valence-corrected chi connectivity index (χ3v) is 8.86. The molecule has 0 aliphatic rings. The van der Waals surface area contributed by atoms with Crippen LogP contribution in [0.3, 0.4) is 0 Å². The number of hydrogen-bond donors (Lipinski definition) is 0. The van der Waals surface area contributed by atoms with E-state index in [1.807, 2.05) is 30.3 Å². The Balaban J connectivity index is 0.00000304. The van der Waals surface area contributed by atoms with Gasteiger partial charge in [0.05, 0.1) is 31.8 Å². The summed E-state index contributed by atoms with van der Waals surface area (Å²) in [5, 5.41) is 2.89. The summed E-state index contributed by atoms with van der Waals surface area (Å²) >= 11 is 0. The molecule has 4 heteroatoms. The van der Waals surface area contributed by atoms with Crippen molar-refractivity contribution in [3.63, 3.8) is 0 Å². The van der Waals surface area contributed by atoms with Crippen LogP contribution in [0, 0.1) is 12.1 Å². The van der Waals surface area contributed by atoms with Gasteiger partial charge >= 0.3 is 21.1 Å². The Bertz CT molecular complexity index is 1340. The zero-order chi connectivity index (χ0) is 23.9. The van der Waals surface area contributed by atoms with E-state index < -0.39 is 7.92 Å². The first kappa shape index (κ1) is 26.0. The molecule has 36 heavy (non-hydrogen) atoms. The molecular weight excluding hydrogens is 640 g/mol. The van der Waals surface area contributed by atoms with Gasteiger partial charge in [-0.1, -0.05) is 54.6 Å². The molecule has 0 radical (unpaired) electrons. The summed E-state index contributed by atoms with van der Waals surface area (Å²) in [5.74, 6) is 0.789.